The topological polar surface area (TPSA) is 47.6 Å². The molecule has 0 fully saturated rings. The molecule has 1 rings (SSSR count). The van der Waals surface area contributed by atoms with Gasteiger partial charge in [0.05, 0.1) is 13.7 Å². The summed E-state index contributed by atoms with van der Waals surface area (Å²) in [6.45, 7) is 2.29. The molecule has 0 aromatic heterocycles. The van der Waals surface area contributed by atoms with Gasteiger partial charge < -0.3 is 14.8 Å². The second-order valence-electron chi connectivity index (χ2n) is 3.55. The predicted octanol–water partition coefficient (Wildman–Crippen LogP) is 1.82. The maximum Gasteiger partial charge on any atom is 0.235 e. The quantitative estimate of drug-likeness (QED) is 0.791. The fourth-order valence-corrected chi connectivity index (χ4v) is 1.35. The smallest absolute Gasteiger partial charge is 0.235 e. The molecule has 5 heteroatoms. The maximum atomic E-state index is 11.0. The van der Waals surface area contributed by atoms with Crippen LogP contribution in [0, 0.1) is 0 Å². The molecule has 1 aromatic rings. The number of methoxy groups -OCH3 is 1. The second kappa shape index (κ2) is 7.01. The summed E-state index contributed by atoms with van der Waals surface area (Å²) in [6.07, 6.45) is -0.130. The summed E-state index contributed by atoms with van der Waals surface area (Å²) in [5.41, 5.74) is 0. The minimum atomic E-state index is -0.201. The van der Waals surface area contributed by atoms with Gasteiger partial charge >= 0.3 is 0 Å². The van der Waals surface area contributed by atoms with Gasteiger partial charge in [0, 0.05) is 6.07 Å². The van der Waals surface area contributed by atoms with Gasteiger partial charge in [-0.25, -0.2) is 0 Å². The Morgan fingerprint density at radius 3 is 2.82 bits per heavy atom. The van der Waals surface area contributed by atoms with E-state index in [1.807, 2.05) is 25.1 Å². The molecule has 1 atom stereocenters. The molecule has 1 amide bonds. The van der Waals surface area contributed by atoms with E-state index in [4.69, 9.17) is 21.1 Å². The van der Waals surface area contributed by atoms with Crippen LogP contribution in [0.25, 0.3) is 0 Å². The summed E-state index contributed by atoms with van der Waals surface area (Å²) >= 11 is 5.37. The number of hydrogen-bond donors (Lipinski definition) is 1. The minimum Gasteiger partial charge on any atom is -0.497 e. The first kappa shape index (κ1) is 13.6. The van der Waals surface area contributed by atoms with Crippen LogP contribution in [0.4, 0.5) is 0 Å². The zero-order chi connectivity index (χ0) is 12.7. The number of halogens is 1. The predicted molar refractivity (Wildman–Crippen MR) is 66.8 cm³/mol. The van der Waals surface area contributed by atoms with Crippen LogP contribution in [0.1, 0.15) is 6.92 Å². The molecule has 0 spiro atoms. The summed E-state index contributed by atoms with van der Waals surface area (Å²) in [7, 11) is 1.60. The first-order chi connectivity index (χ1) is 8.15. The molecule has 1 N–H and O–H groups in total. The van der Waals surface area contributed by atoms with E-state index in [1.54, 1.807) is 13.2 Å². The number of ether oxygens (including phenoxy) is 2. The van der Waals surface area contributed by atoms with E-state index in [9.17, 15) is 4.79 Å². The van der Waals surface area contributed by atoms with Crippen LogP contribution in [-0.2, 0) is 4.79 Å². The largest absolute Gasteiger partial charge is 0.497 e. The lowest BCUT2D eigenvalue weighted by molar-refractivity contribution is -0.119. The molecular weight excluding hydrogens is 242 g/mol. The van der Waals surface area contributed by atoms with Crippen molar-refractivity contribution in [2.75, 3.05) is 19.5 Å². The van der Waals surface area contributed by atoms with Crippen LogP contribution in [0.3, 0.4) is 0 Å². The van der Waals surface area contributed by atoms with E-state index >= 15 is 0 Å². The standard InChI is InChI=1S/C12H16ClNO3/c1-9(8-14-12(15)7-13)17-11-5-3-4-10(6-11)16-2/h3-6,9H,7-8H2,1-2H3,(H,14,15). The maximum absolute atomic E-state index is 11.0. The van der Waals surface area contributed by atoms with Crippen molar-refractivity contribution in [3.8, 4) is 11.5 Å². The lowest BCUT2D eigenvalue weighted by atomic mass is 10.3. The summed E-state index contributed by atoms with van der Waals surface area (Å²) in [5, 5.41) is 2.65. The Balaban J connectivity index is 2.44. The van der Waals surface area contributed by atoms with Crippen molar-refractivity contribution >= 4 is 17.5 Å². The Bertz CT molecular complexity index is 371. The van der Waals surface area contributed by atoms with Crippen molar-refractivity contribution in [1.29, 1.82) is 0 Å². The fourth-order valence-electron chi connectivity index (χ4n) is 1.25. The molecule has 17 heavy (non-hydrogen) atoms. The average Bonchev–Trinajstić information content (AvgIpc) is 2.36. The van der Waals surface area contributed by atoms with E-state index in [-0.39, 0.29) is 17.9 Å². The molecule has 0 radical (unpaired) electrons. The van der Waals surface area contributed by atoms with Crippen LogP contribution < -0.4 is 14.8 Å². The highest BCUT2D eigenvalue weighted by molar-refractivity contribution is 6.27. The Morgan fingerprint density at radius 1 is 1.47 bits per heavy atom. The average molecular weight is 258 g/mol. The number of benzene rings is 1. The number of carbonyl (C=O) groups is 1. The molecule has 1 aromatic carbocycles. The number of hydrogen-bond acceptors (Lipinski definition) is 3. The third-order valence-corrected chi connectivity index (χ3v) is 2.33. The van der Waals surface area contributed by atoms with Crippen LogP contribution in [0.2, 0.25) is 0 Å². The Labute approximate surface area is 106 Å². The number of amides is 1. The SMILES string of the molecule is COc1cccc(OC(C)CNC(=O)CCl)c1. The molecule has 0 aliphatic carbocycles. The van der Waals surface area contributed by atoms with Crippen LogP contribution in [-0.4, -0.2) is 31.5 Å². The number of alkyl halides is 1. The number of rotatable bonds is 6. The molecule has 0 aliphatic rings. The normalized spacial score (nSPS) is 11.7. The van der Waals surface area contributed by atoms with E-state index in [0.717, 1.165) is 5.75 Å². The minimum absolute atomic E-state index is 0.0358. The van der Waals surface area contributed by atoms with Gasteiger partial charge in [-0.05, 0) is 19.1 Å². The third kappa shape index (κ3) is 4.95. The molecule has 94 valence electrons. The first-order valence-corrected chi connectivity index (χ1v) is 5.82. The van der Waals surface area contributed by atoms with Crippen molar-refractivity contribution in [2.24, 2.45) is 0 Å². The Hall–Kier alpha value is -1.42. The zero-order valence-corrected chi connectivity index (χ0v) is 10.7. The van der Waals surface area contributed by atoms with Gasteiger partial charge in [0.15, 0.2) is 0 Å². The Kier molecular flexibility index (Phi) is 5.63. The zero-order valence-electron chi connectivity index (χ0n) is 9.90. The third-order valence-electron chi connectivity index (χ3n) is 2.09. The second-order valence-corrected chi connectivity index (χ2v) is 3.81. The number of nitrogens with one attached hydrogen (secondary N) is 1. The summed E-state index contributed by atoms with van der Waals surface area (Å²) in [6, 6.07) is 7.31. The van der Waals surface area contributed by atoms with Crippen LogP contribution in [0.5, 0.6) is 11.5 Å². The molecule has 0 saturated heterocycles. The lowest BCUT2D eigenvalue weighted by Crippen LogP contribution is -2.34. The monoisotopic (exact) mass is 257 g/mol. The molecule has 4 nitrogen and oxygen atoms in total. The van der Waals surface area contributed by atoms with Crippen LogP contribution in [0.15, 0.2) is 24.3 Å². The first-order valence-electron chi connectivity index (χ1n) is 5.29. The van der Waals surface area contributed by atoms with E-state index < -0.39 is 0 Å². The van der Waals surface area contributed by atoms with Gasteiger partial charge in [-0.2, -0.15) is 0 Å². The molecule has 0 heterocycles. The molecular formula is C12H16ClNO3. The van der Waals surface area contributed by atoms with Crippen LogP contribution >= 0.6 is 11.6 Å². The molecule has 0 bridgehead atoms. The van der Waals surface area contributed by atoms with Gasteiger partial charge in [-0.1, -0.05) is 6.07 Å². The van der Waals surface area contributed by atoms with Gasteiger partial charge in [0.25, 0.3) is 0 Å². The van der Waals surface area contributed by atoms with Gasteiger partial charge in [-0.3, -0.25) is 4.79 Å². The Morgan fingerprint density at radius 2 is 2.18 bits per heavy atom. The van der Waals surface area contributed by atoms with E-state index in [1.165, 1.54) is 0 Å². The molecule has 0 saturated carbocycles. The van der Waals surface area contributed by atoms with Crippen molar-refractivity contribution in [2.45, 2.75) is 13.0 Å². The van der Waals surface area contributed by atoms with E-state index in [2.05, 4.69) is 5.32 Å². The van der Waals surface area contributed by atoms with Crippen molar-refractivity contribution < 1.29 is 14.3 Å². The highest BCUT2D eigenvalue weighted by Gasteiger charge is 2.06. The van der Waals surface area contributed by atoms with Gasteiger partial charge in [0.1, 0.15) is 23.5 Å². The fraction of sp³-hybridized carbons (Fsp3) is 0.417. The highest BCUT2D eigenvalue weighted by atomic mass is 35.5. The van der Waals surface area contributed by atoms with Crippen molar-refractivity contribution in [3.63, 3.8) is 0 Å². The lowest BCUT2D eigenvalue weighted by Gasteiger charge is -2.15. The molecule has 1 unspecified atom stereocenters. The van der Waals surface area contributed by atoms with E-state index in [0.29, 0.717) is 12.3 Å². The number of carbonyl (C=O) groups excluding carboxylic acids is 1. The summed E-state index contributed by atoms with van der Waals surface area (Å²) in [5.74, 6) is 1.20. The summed E-state index contributed by atoms with van der Waals surface area (Å²) in [4.78, 5) is 11.0. The summed E-state index contributed by atoms with van der Waals surface area (Å²) < 4.78 is 10.7. The molecule has 0 aliphatic heterocycles. The van der Waals surface area contributed by atoms with Gasteiger partial charge in [0.2, 0.25) is 5.91 Å². The van der Waals surface area contributed by atoms with Gasteiger partial charge in [-0.15, -0.1) is 11.6 Å². The van der Waals surface area contributed by atoms with Crippen molar-refractivity contribution in [3.05, 3.63) is 24.3 Å². The highest BCUT2D eigenvalue weighted by Crippen LogP contribution is 2.19. The van der Waals surface area contributed by atoms with Crippen molar-refractivity contribution in [1.82, 2.24) is 5.32 Å².